The molecule has 0 aliphatic carbocycles. The number of hydrogen-bond acceptors (Lipinski definition) is 6. The fraction of sp³-hybridized carbons (Fsp3) is 0.0588. The Hall–Kier alpha value is -3.48. The molecule has 0 aromatic heterocycles. The average molecular weight is 331 g/mol. The van der Waals surface area contributed by atoms with Gasteiger partial charge in [-0.3, -0.25) is 0 Å². The van der Waals surface area contributed by atoms with Crippen molar-refractivity contribution in [2.24, 2.45) is 0 Å². The maximum absolute atomic E-state index is 11.1. The fourth-order valence-electron chi connectivity index (χ4n) is 1.99. The summed E-state index contributed by atoms with van der Waals surface area (Å²) >= 11 is 0. The van der Waals surface area contributed by atoms with Crippen molar-refractivity contribution in [1.29, 1.82) is 0 Å². The van der Waals surface area contributed by atoms with Gasteiger partial charge in [0.1, 0.15) is 0 Å². The molecular weight excluding hydrogens is 316 g/mol. The molecule has 124 valence electrons. The van der Waals surface area contributed by atoms with E-state index >= 15 is 0 Å². The summed E-state index contributed by atoms with van der Waals surface area (Å²) in [5.41, 5.74) is 0.738. The zero-order valence-corrected chi connectivity index (χ0v) is 12.5. The number of fused-ring (bicyclic) bond motifs is 1. The number of cyclic esters (lactones) is 2. The van der Waals surface area contributed by atoms with E-state index in [0.717, 1.165) is 0 Å². The smallest absolute Gasteiger partial charge is 0.346 e. The Morgan fingerprint density at radius 3 is 1.83 bits per heavy atom. The Labute approximate surface area is 137 Å². The molecule has 0 bridgehead atoms. The molecule has 7 nitrogen and oxygen atoms in total. The number of methoxy groups -OCH3 is 1. The molecule has 0 atom stereocenters. The monoisotopic (exact) mass is 331 g/mol. The lowest BCUT2D eigenvalue weighted by Gasteiger charge is -2.02. The van der Waals surface area contributed by atoms with Crippen LogP contribution < -0.4 is 0 Å². The summed E-state index contributed by atoms with van der Waals surface area (Å²) in [6.45, 7) is 0. The topological polar surface area (TPSA) is 107 Å². The number of carboxylic acids is 1. The van der Waals surface area contributed by atoms with Gasteiger partial charge in [-0.25, -0.2) is 19.2 Å². The first-order valence-electron chi connectivity index (χ1n) is 6.72. The van der Waals surface area contributed by atoms with E-state index in [1.54, 1.807) is 36.4 Å². The Morgan fingerprint density at radius 1 is 0.917 bits per heavy atom. The highest BCUT2D eigenvalue weighted by Crippen LogP contribution is 2.18. The molecule has 0 fully saturated rings. The molecule has 0 amide bonds. The lowest BCUT2D eigenvalue weighted by Crippen LogP contribution is -2.09. The first kappa shape index (κ1) is 16.9. The van der Waals surface area contributed by atoms with Gasteiger partial charge in [0.25, 0.3) is 0 Å². The van der Waals surface area contributed by atoms with E-state index in [-0.39, 0.29) is 12.6 Å². The lowest BCUT2D eigenvalue weighted by molar-refractivity contribution is 0.0442. The first-order valence-corrected chi connectivity index (χ1v) is 6.72. The van der Waals surface area contributed by atoms with E-state index < -0.39 is 23.9 Å². The number of carbonyl (C=O) groups is 4. The molecule has 0 spiro atoms. The van der Waals surface area contributed by atoms with E-state index in [4.69, 9.17) is 5.11 Å². The molecule has 1 aliphatic heterocycles. The van der Waals surface area contributed by atoms with Crippen LogP contribution >= 0.6 is 0 Å². The highest BCUT2D eigenvalue weighted by Gasteiger charge is 2.28. The highest BCUT2D eigenvalue weighted by molar-refractivity contribution is 6.14. The van der Waals surface area contributed by atoms with Crippen LogP contribution in [0.2, 0.25) is 0 Å². The van der Waals surface area contributed by atoms with E-state index in [2.05, 4.69) is 9.47 Å². The molecule has 0 radical (unpaired) electrons. The number of carboxylic acid groups (broad SMARTS) is 1. The molecule has 1 aliphatic rings. The van der Waals surface area contributed by atoms with Crippen molar-refractivity contribution in [3.63, 3.8) is 0 Å². The fourth-order valence-corrected chi connectivity index (χ4v) is 1.99. The molecule has 24 heavy (non-hydrogen) atoms. The second kappa shape index (κ2) is 7.19. The molecule has 3 rings (SSSR count). The van der Waals surface area contributed by atoms with Crippen molar-refractivity contribution in [2.75, 3.05) is 7.11 Å². The van der Waals surface area contributed by atoms with Crippen LogP contribution in [-0.2, 0) is 9.47 Å². The minimum absolute atomic E-state index is 0. The summed E-state index contributed by atoms with van der Waals surface area (Å²) in [6.07, 6.45) is 0. The molecular formula is C17H14O7. The molecule has 2 aromatic rings. The van der Waals surface area contributed by atoms with E-state index in [1.807, 2.05) is 0 Å². The predicted octanol–water partition coefficient (Wildman–Crippen LogP) is 2.41. The van der Waals surface area contributed by atoms with Gasteiger partial charge in [-0.05, 0) is 24.3 Å². The number of aromatic carboxylic acids is 1. The minimum atomic E-state index is -1.14. The van der Waals surface area contributed by atoms with Crippen molar-refractivity contribution in [2.45, 2.75) is 0 Å². The van der Waals surface area contributed by atoms with E-state index in [0.29, 0.717) is 11.1 Å². The SMILES string of the molecule is COC(=O)c1ccccc1C(=O)O.O=C1OC(=O)c2ccccc21.[2HH]. The average Bonchev–Trinajstić information content (AvgIpc) is 2.89. The third kappa shape index (κ3) is 3.46. The van der Waals surface area contributed by atoms with Gasteiger partial charge in [0.05, 0.1) is 29.4 Å². The summed E-state index contributed by atoms with van der Waals surface area (Å²) < 4.78 is 8.78. The third-order valence-corrected chi connectivity index (χ3v) is 3.12. The summed E-state index contributed by atoms with van der Waals surface area (Å²) in [5, 5.41) is 8.70. The Kier molecular flexibility index (Phi) is 5.06. The second-order valence-electron chi connectivity index (χ2n) is 4.56. The van der Waals surface area contributed by atoms with Crippen LogP contribution in [-0.4, -0.2) is 36.1 Å². The van der Waals surface area contributed by atoms with Gasteiger partial charge in [0.15, 0.2) is 0 Å². The van der Waals surface area contributed by atoms with E-state index in [1.165, 1.54) is 19.2 Å². The first-order chi connectivity index (χ1) is 11.5. The van der Waals surface area contributed by atoms with Gasteiger partial charge in [0, 0.05) is 1.43 Å². The van der Waals surface area contributed by atoms with Crippen molar-refractivity contribution >= 4 is 23.9 Å². The van der Waals surface area contributed by atoms with Crippen molar-refractivity contribution in [1.82, 2.24) is 0 Å². The number of hydrogen-bond donors (Lipinski definition) is 1. The van der Waals surface area contributed by atoms with Gasteiger partial charge in [-0.2, -0.15) is 0 Å². The van der Waals surface area contributed by atoms with Crippen molar-refractivity contribution < 1.29 is 35.2 Å². The molecule has 0 saturated heterocycles. The van der Waals surface area contributed by atoms with Gasteiger partial charge >= 0.3 is 23.9 Å². The summed E-state index contributed by atoms with van der Waals surface area (Å²) in [6, 6.07) is 12.4. The zero-order valence-electron chi connectivity index (χ0n) is 12.5. The van der Waals surface area contributed by atoms with Crippen LogP contribution in [0.4, 0.5) is 0 Å². The van der Waals surface area contributed by atoms with E-state index in [9.17, 15) is 19.2 Å². The van der Waals surface area contributed by atoms with Crippen LogP contribution in [0.5, 0.6) is 0 Å². The summed E-state index contributed by atoms with van der Waals surface area (Å²) in [4.78, 5) is 43.4. The normalized spacial score (nSPS) is 11.7. The van der Waals surface area contributed by atoms with Crippen molar-refractivity contribution in [3.05, 3.63) is 70.8 Å². The molecule has 1 heterocycles. The Balaban J connectivity index is 0.000000243. The molecule has 2 aromatic carbocycles. The number of benzene rings is 2. The number of ether oxygens (including phenoxy) is 2. The zero-order chi connectivity index (χ0) is 17.7. The van der Waals surface area contributed by atoms with Gasteiger partial charge < -0.3 is 14.6 Å². The Morgan fingerprint density at radius 2 is 1.38 bits per heavy atom. The lowest BCUT2D eigenvalue weighted by atomic mass is 10.1. The highest BCUT2D eigenvalue weighted by atomic mass is 16.6. The molecule has 1 N–H and O–H groups in total. The summed E-state index contributed by atoms with van der Waals surface area (Å²) in [7, 11) is 1.21. The minimum Gasteiger partial charge on any atom is -0.478 e. The largest absolute Gasteiger partial charge is 0.478 e. The summed E-state index contributed by atoms with van der Waals surface area (Å²) in [5.74, 6) is -2.88. The van der Waals surface area contributed by atoms with Gasteiger partial charge in [-0.1, -0.05) is 24.3 Å². The van der Waals surface area contributed by atoms with Gasteiger partial charge in [0.2, 0.25) is 0 Å². The number of carbonyl (C=O) groups excluding carboxylic acids is 3. The van der Waals surface area contributed by atoms with Crippen LogP contribution in [0.3, 0.4) is 0 Å². The van der Waals surface area contributed by atoms with Crippen LogP contribution in [0.1, 0.15) is 42.9 Å². The predicted molar refractivity (Wildman–Crippen MR) is 83.0 cm³/mol. The number of esters is 3. The molecule has 0 saturated carbocycles. The van der Waals surface area contributed by atoms with Crippen LogP contribution in [0, 0.1) is 0 Å². The maximum Gasteiger partial charge on any atom is 0.346 e. The third-order valence-electron chi connectivity index (χ3n) is 3.12. The van der Waals surface area contributed by atoms with Crippen LogP contribution in [0.25, 0.3) is 0 Å². The Bertz CT molecular complexity index is 796. The molecule has 7 heteroatoms. The molecule has 0 unspecified atom stereocenters. The maximum atomic E-state index is 11.1. The second-order valence-corrected chi connectivity index (χ2v) is 4.56. The quantitative estimate of drug-likeness (QED) is 0.665. The van der Waals surface area contributed by atoms with Crippen molar-refractivity contribution in [3.8, 4) is 0 Å². The standard InChI is InChI=1S/C9H8O4.C8H4O3.H2/c1-13-9(12)7-5-3-2-4-6(7)8(10)11;9-7-5-3-1-2-4-6(5)8(10)11-7;/h2-5H,1H3,(H,10,11);1-4H;1H/i;;1+1. The number of rotatable bonds is 2. The van der Waals surface area contributed by atoms with Gasteiger partial charge in [-0.15, -0.1) is 0 Å². The van der Waals surface area contributed by atoms with Crippen LogP contribution in [0.15, 0.2) is 48.5 Å².